The van der Waals surface area contributed by atoms with Gasteiger partial charge >= 0.3 is 6.18 Å². The van der Waals surface area contributed by atoms with Gasteiger partial charge in [0.25, 0.3) is 0 Å². The zero-order valence-corrected chi connectivity index (χ0v) is 17.8. The van der Waals surface area contributed by atoms with E-state index in [0.29, 0.717) is 0 Å². The van der Waals surface area contributed by atoms with Crippen LogP contribution >= 0.6 is 0 Å². The molecule has 0 fully saturated rings. The lowest BCUT2D eigenvalue weighted by atomic mass is 10.0. The molecule has 10 nitrogen and oxygen atoms in total. The summed E-state index contributed by atoms with van der Waals surface area (Å²) in [7, 11) is -4.00. The maximum absolute atomic E-state index is 14.1. The highest BCUT2D eigenvalue weighted by Crippen LogP contribution is 2.24. The number of hydrogen-bond acceptors (Lipinski definition) is 8. The third-order valence-electron chi connectivity index (χ3n) is 4.20. The molecule has 2 heterocycles. The fourth-order valence-corrected chi connectivity index (χ4v) is 3.75. The molecule has 0 spiro atoms. The third-order valence-corrected chi connectivity index (χ3v) is 5.16. The van der Waals surface area contributed by atoms with Crippen molar-refractivity contribution < 1.29 is 35.8 Å². The van der Waals surface area contributed by atoms with Gasteiger partial charge < -0.3 is 9.84 Å². The van der Waals surface area contributed by atoms with Crippen LogP contribution in [-0.4, -0.2) is 57.3 Å². The molecule has 33 heavy (non-hydrogen) atoms. The van der Waals surface area contributed by atoms with Gasteiger partial charge in [-0.1, -0.05) is 6.07 Å². The number of rotatable bonds is 8. The van der Waals surface area contributed by atoms with Crippen LogP contribution in [0.15, 0.2) is 36.4 Å². The van der Waals surface area contributed by atoms with Crippen LogP contribution in [0.2, 0.25) is 0 Å². The zero-order valence-electron chi connectivity index (χ0n) is 17.0. The summed E-state index contributed by atoms with van der Waals surface area (Å²) >= 11 is 0. The van der Waals surface area contributed by atoms with E-state index in [4.69, 9.17) is 5.14 Å². The van der Waals surface area contributed by atoms with Crippen molar-refractivity contribution in [2.24, 2.45) is 5.14 Å². The molecule has 15 heteroatoms. The van der Waals surface area contributed by atoms with Gasteiger partial charge in [0.2, 0.25) is 15.8 Å². The Bertz CT molecular complexity index is 1250. The van der Waals surface area contributed by atoms with E-state index in [1.54, 1.807) is 0 Å². The number of alkyl halides is 3. The largest absolute Gasteiger partial charge is 0.484 e. The first-order valence-electron chi connectivity index (χ1n) is 9.18. The number of primary sulfonamides is 1. The summed E-state index contributed by atoms with van der Waals surface area (Å²) in [5.74, 6) is -1.70. The van der Waals surface area contributed by atoms with Crippen molar-refractivity contribution in [1.29, 1.82) is 0 Å². The number of sulfonamides is 1. The topological polar surface area (TPSA) is 146 Å². The molecule has 3 N–H and O–H groups in total. The second-order valence-electron chi connectivity index (χ2n) is 7.29. The first-order chi connectivity index (χ1) is 15.2. The molecule has 1 atom stereocenters. The van der Waals surface area contributed by atoms with Gasteiger partial charge in [0.15, 0.2) is 6.61 Å². The lowest BCUT2D eigenvalue weighted by molar-refractivity contribution is -0.153. The molecule has 0 radical (unpaired) electrons. The molecule has 0 aliphatic carbocycles. The maximum atomic E-state index is 14.1. The van der Waals surface area contributed by atoms with E-state index in [1.165, 1.54) is 25.1 Å². The zero-order chi connectivity index (χ0) is 24.4. The summed E-state index contributed by atoms with van der Waals surface area (Å²) in [5.41, 5.74) is -1.81. The highest BCUT2D eigenvalue weighted by molar-refractivity contribution is 7.89. The normalized spacial score (nSPS) is 14.2. The summed E-state index contributed by atoms with van der Waals surface area (Å²) in [6, 6.07) is 7.46. The Hall–Kier alpha value is -3.17. The standard InChI is InChI=1S/C18H18F4N6O4S/c1-17(29,10-33(23,30)31)15-4-2-3-14(24-15)16-25-27-28(26-16)8-11-7-12(5-6-13(11)19)32-9-18(20,21)22/h2-7,29H,8-10H2,1H3,(H2,23,30,31)/t17-/m1/s1. The molecule has 0 unspecified atom stereocenters. The predicted octanol–water partition coefficient (Wildman–Crippen LogP) is 1.36. The molecule has 0 aliphatic heterocycles. The summed E-state index contributed by atoms with van der Waals surface area (Å²) in [5, 5.41) is 27.0. The molecule has 0 saturated heterocycles. The van der Waals surface area contributed by atoms with Crippen molar-refractivity contribution in [3.63, 3.8) is 0 Å². The van der Waals surface area contributed by atoms with E-state index in [2.05, 4.69) is 25.1 Å². The molecule has 1 aromatic carbocycles. The molecular formula is C18H18F4N6O4S. The molecule has 0 amide bonds. The number of aliphatic hydroxyl groups is 1. The quantitative estimate of drug-likeness (QED) is 0.450. The minimum atomic E-state index is -4.54. The van der Waals surface area contributed by atoms with Gasteiger partial charge in [-0.3, -0.25) is 0 Å². The van der Waals surface area contributed by atoms with Gasteiger partial charge in [-0.15, -0.1) is 10.2 Å². The lowest BCUT2D eigenvalue weighted by Gasteiger charge is -2.21. The van der Waals surface area contributed by atoms with Crippen molar-refractivity contribution in [2.75, 3.05) is 12.4 Å². The number of pyridine rings is 1. The van der Waals surface area contributed by atoms with Crippen LogP contribution in [0.1, 0.15) is 18.2 Å². The van der Waals surface area contributed by atoms with E-state index < -0.39 is 40.0 Å². The van der Waals surface area contributed by atoms with Gasteiger partial charge in [0.05, 0.1) is 18.0 Å². The average molecular weight is 490 g/mol. The molecule has 0 bridgehead atoms. The minimum absolute atomic E-state index is 0.00839. The Morgan fingerprint density at radius 2 is 1.94 bits per heavy atom. The monoisotopic (exact) mass is 490 g/mol. The van der Waals surface area contributed by atoms with Crippen molar-refractivity contribution in [1.82, 2.24) is 25.2 Å². The molecule has 3 rings (SSSR count). The molecule has 3 aromatic rings. The van der Waals surface area contributed by atoms with E-state index >= 15 is 0 Å². The summed E-state index contributed by atoms with van der Waals surface area (Å²) < 4.78 is 78.4. The number of nitrogens with zero attached hydrogens (tertiary/aromatic N) is 5. The van der Waals surface area contributed by atoms with Crippen LogP contribution in [0.3, 0.4) is 0 Å². The fraction of sp³-hybridized carbons (Fsp3) is 0.333. The van der Waals surface area contributed by atoms with Gasteiger partial charge in [-0.05, 0) is 42.5 Å². The Morgan fingerprint density at radius 3 is 2.61 bits per heavy atom. The SMILES string of the molecule is C[C@@](O)(CS(N)(=O)=O)c1cccc(-c2nnn(Cc3cc(OCC(F)(F)F)ccc3F)n2)n1. The van der Waals surface area contributed by atoms with Gasteiger partial charge in [0.1, 0.15) is 22.9 Å². The van der Waals surface area contributed by atoms with Crippen LogP contribution in [0.5, 0.6) is 5.75 Å². The Balaban J connectivity index is 1.80. The molecule has 178 valence electrons. The molecule has 2 aromatic heterocycles. The maximum Gasteiger partial charge on any atom is 0.422 e. The number of halogens is 4. The average Bonchev–Trinajstić information content (AvgIpc) is 3.15. The number of ether oxygens (including phenoxy) is 1. The van der Waals surface area contributed by atoms with E-state index in [1.807, 2.05) is 0 Å². The number of hydrogen-bond donors (Lipinski definition) is 2. The highest BCUT2D eigenvalue weighted by atomic mass is 32.2. The number of aromatic nitrogens is 5. The second-order valence-corrected chi connectivity index (χ2v) is 8.90. The Kier molecular flexibility index (Phi) is 6.67. The first kappa shape index (κ1) is 24.5. The second kappa shape index (κ2) is 8.99. The Labute approximate surface area is 185 Å². The van der Waals surface area contributed by atoms with Crippen LogP contribution in [0.4, 0.5) is 17.6 Å². The molecular weight excluding hydrogens is 472 g/mol. The molecule has 0 saturated carbocycles. The molecule has 0 aliphatic rings. The highest BCUT2D eigenvalue weighted by Gasteiger charge is 2.31. The minimum Gasteiger partial charge on any atom is -0.484 e. The van der Waals surface area contributed by atoms with Crippen LogP contribution < -0.4 is 9.88 Å². The lowest BCUT2D eigenvalue weighted by Crippen LogP contribution is -2.35. The van der Waals surface area contributed by atoms with Gasteiger partial charge in [0, 0.05) is 5.56 Å². The summed E-state index contributed by atoms with van der Waals surface area (Å²) in [6.45, 7) is -0.573. The number of tetrazole rings is 1. The summed E-state index contributed by atoms with van der Waals surface area (Å²) in [4.78, 5) is 5.13. The number of nitrogens with two attached hydrogens (primary N) is 1. The van der Waals surface area contributed by atoms with Crippen LogP contribution in [-0.2, 0) is 22.2 Å². The fourth-order valence-electron chi connectivity index (χ4n) is 2.82. The van der Waals surface area contributed by atoms with Crippen molar-refractivity contribution in [2.45, 2.75) is 25.2 Å². The number of benzene rings is 1. The van der Waals surface area contributed by atoms with Crippen molar-refractivity contribution in [3.05, 3.63) is 53.5 Å². The third kappa shape index (κ3) is 6.90. The summed E-state index contributed by atoms with van der Waals surface area (Å²) in [6.07, 6.45) is -4.54. The van der Waals surface area contributed by atoms with E-state index in [9.17, 15) is 31.1 Å². The van der Waals surface area contributed by atoms with E-state index in [0.717, 1.165) is 23.0 Å². The Morgan fingerprint density at radius 1 is 1.21 bits per heavy atom. The van der Waals surface area contributed by atoms with Crippen LogP contribution in [0.25, 0.3) is 11.5 Å². The first-order valence-corrected chi connectivity index (χ1v) is 10.9. The van der Waals surface area contributed by atoms with E-state index in [-0.39, 0.29) is 35.1 Å². The van der Waals surface area contributed by atoms with Crippen molar-refractivity contribution >= 4 is 10.0 Å². The van der Waals surface area contributed by atoms with Gasteiger partial charge in [-0.2, -0.15) is 18.0 Å². The van der Waals surface area contributed by atoms with Crippen LogP contribution in [0, 0.1) is 5.82 Å². The van der Waals surface area contributed by atoms with Gasteiger partial charge in [-0.25, -0.2) is 22.9 Å². The predicted molar refractivity (Wildman–Crippen MR) is 106 cm³/mol. The smallest absolute Gasteiger partial charge is 0.422 e. The van der Waals surface area contributed by atoms with Crippen molar-refractivity contribution in [3.8, 4) is 17.3 Å².